The quantitative estimate of drug-likeness (QED) is 0.181. The average molecular weight is 434 g/mol. The molecule has 1 unspecified atom stereocenters. The molecule has 0 aromatic rings. The maximum atomic E-state index is 12.5. The Bertz CT molecular complexity index is 734. The maximum absolute atomic E-state index is 12.5. The summed E-state index contributed by atoms with van der Waals surface area (Å²) in [5.41, 5.74) is -0.200. The molecule has 1 rings (SSSR count). The molecule has 2 atom stereocenters. The van der Waals surface area contributed by atoms with Gasteiger partial charge in [0, 0.05) is 25.1 Å². The number of hydrogen-bond acceptors (Lipinski definition) is 6. The van der Waals surface area contributed by atoms with Crippen LogP contribution in [-0.4, -0.2) is 73.1 Å². The van der Waals surface area contributed by atoms with E-state index >= 15 is 0 Å². The van der Waals surface area contributed by atoms with Gasteiger partial charge in [-0.1, -0.05) is 20.3 Å². The van der Waals surface area contributed by atoms with Gasteiger partial charge in [0.05, 0.1) is 6.54 Å². The van der Waals surface area contributed by atoms with Gasteiger partial charge >= 0.3 is 0 Å². The second-order valence-electron chi connectivity index (χ2n) is 7.91. The van der Waals surface area contributed by atoms with Gasteiger partial charge in [0.25, 0.3) is 11.8 Å². The summed E-state index contributed by atoms with van der Waals surface area (Å²) >= 11 is 0. The van der Waals surface area contributed by atoms with Crippen LogP contribution in [0.1, 0.15) is 46.5 Å². The van der Waals surface area contributed by atoms with Gasteiger partial charge in [-0.05, 0) is 25.7 Å². The molecule has 0 bridgehead atoms. The van der Waals surface area contributed by atoms with Crippen molar-refractivity contribution in [3.63, 3.8) is 0 Å². The molecule has 0 radical (unpaired) electrons. The molecule has 11 heteroatoms. The minimum Gasteiger partial charge on any atom is -0.348 e. The SMILES string of the molecule is BC(=O)CNC(=O)[C@H](C)NC(=O)C(NC(=O)CCCCCN1C(=O)C=CC1=O)C(C)C. The Morgan fingerprint density at radius 2 is 1.55 bits per heavy atom. The Balaban J connectivity index is 2.38. The van der Waals surface area contributed by atoms with E-state index in [1.807, 2.05) is 0 Å². The highest BCUT2D eigenvalue weighted by Gasteiger charge is 2.27. The third kappa shape index (κ3) is 9.14. The Morgan fingerprint density at radius 1 is 0.935 bits per heavy atom. The van der Waals surface area contributed by atoms with Gasteiger partial charge in [-0.25, -0.2) is 0 Å². The Kier molecular flexibility index (Phi) is 10.6. The van der Waals surface area contributed by atoms with Crippen LogP contribution in [0.2, 0.25) is 0 Å². The molecule has 0 aromatic heterocycles. The molecular weight excluding hydrogens is 403 g/mol. The summed E-state index contributed by atoms with van der Waals surface area (Å²) < 4.78 is 0. The van der Waals surface area contributed by atoms with E-state index in [0.29, 0.717) is 25.8 Å². The average Bonchev–Trinajstić information content (AvgIpc) is 3.01. The molecule has 1 aliphatic rings. The van der Waals surface area contributed by atoms with E-state index in [1.54, 1.807) is 13.8 Å². The molecule has 31 heavy (non-hydrogen) atoms. The fourth-order valence-electron chi connectivity index (χ4n) is 2.90. The second kappa shape index (κ2) is 12.7. The summed E-state index contributed by atoms with van der Waals surface area (Å²) in [4.78, 5) is 71.7. The van der Waals surface area contributed by atoms with Crippen molar-refractivity contribution in [2.24, 2.45) is 5.92 Å². The van der Waals surface area contributed by atoms with Crippen LogP contribution in [0.15, 0.2) is 12.2 Å². The van der Waals surface area contributed by atoms with Crippen molar-refractivity contribution in [2.75, 3.05) is 13.1 Å². The van der Waals surface area contributed by atoms with E-state index in [2.05, 4.69) is 16.0 Å². The predicted octanol–water partition coefficient (Wildman–Crippen LogP) is -1.61. The lowest BCUT2D eigenvalue weighted by Gasteiger charge is -2.23. The van der Waals surface area contributed by atoms with Gasteiger partial charge < -0.3 is 20.7 Å². The van der Waals surface area contributed by atoms with Crippen molar-refractivity contribution < 1.29 is 28.8 Å². The second-order valence-corrected chi connectivity index (χ2v) is 7.91. The molecule has 10 nitrogen and oxygen atoms in total. The Hall–Kier alpha value is -2.98. The maximum Gasteiger partial charge on any atom is 0.253 e. The van der Waals surface area contributed by atoms with Crippen LogP contribution in [0.5, 0.6) is 0 Å². The van der Waals surface area contributed by atoms with E-state index in [-0.39, 0.29) is 42.3 Å². The number of amides is 5. The molecule has 0 spiro atoms. The first-order valence-corrected chi connectivity index (χ1v) is 10.4. The van der Waals surface area contributed by atoms with Crippen molar-refractivity contribution >= 4 is 43.1 Å². The molecular formula is C20H31BN4O6. The summed E-state index contributed by atoms with van der Waals surface area (Å²) in [6.07, 6.45) is 4.46. The summed E-state index contributed by atoms with van der Waals surface area (Å²) in [6, 6.07) is -1.66. The molecule has 1 heterocycles. The summed E-state index contributed by atoms with van der Waals surface area (Å²) in [5, 5.41) is 7.67. The van der Waals surface area contributed by atoms with Crippen molar-refractivity contribution in [3.05, 3.63) is 12.2 Å². The number of imide groups is 1. The lowest BCUT2D eigenvalue weighted by Crippen LogP contribution is -2.54. The molecule has 0 fully saturated rings. The third-order valence-corrected chi connectivity index (χ3v) is 4.72. The monoisotopic (exact) mass is 434 g/mol. The summed E-state index contributed by atoms with van der Waals surface area (Å²) in [6.45, 7) is 5.26. The van der Waals surface area contributed by atoms with Crippen LogP contribution in [0.25, 0.3) is 0 Å². The number of nitrogens with zero attached hydrogens (tertiary/aromatic N) is 1. The standard InChI is InChI=1S/C20H31BN4O6/c1-12(2)18(20(31)23-13(3)19(30)22-11-14(21)26)24-15(27)7-5-4-6-10-25-16(28)8-9-17(25)29/h8-9,12-13,18H,4-7,10-11,21H2,1-3H3,(H,22,30)(H,23,31)(H,24,27)/t13-,18?/m0/s1. The van der Waals surface area contributed by atoms with E-state index < -0.39 is 23.9 Å². The van der Waals surface area contributed by atoms with Crippen LogP contribution in [0.3, 0.4) is 0 Å². The van der Waals surface area contributed by atoms with Crippen LogP contribution in [0, 0.1) is 5.92 Å². The van der Waals surface area contributed by atoms with E-state index in [4.69, 9.17) is 0 Å². The van der Waals surface area contributed by atoms with E-state index in [0.717, 1.165) is 4.90 Å². The number of hydrogen-bond donors (Lipinski definition) is 3. The largest absolute Gasteiger partial charge is 0.348 e. The number of carbonyl (C=O) groups excluding carboxylic acids is 6. The van der Waals surface area contributed by atoms with Crippen LogP contribution < -0.4 is 16.0 Å². The topological polar surface area (TPSA) is 142 Å². The first-order chi connectivity index (χ1) is 14.5. The zero-order valence-electron chi connectivity index (χ0n) is 18.5. The predicted molar refractivity (Wildman–Crippen MR) is 115 cm³/mol. The normalized spacial score (nSPS) is 15.0. The van der Waals surface area contributed by atoms with Gasteiger partial charge in [-0.15, -0.1) is 0 Å². The number of rotatable bonds is 13. The smallest absolute Gasteiger partial charge is 0.253 e. The highest BCUT2D eigenvalue weighted by molar-refractivity contribution is 6.58. The fourth-order valence-corrected chi connectivity index (χ4v) is 2.90. The molecule has 5 amide bonds. The minimum absolute atomic E-state index is 0.111. The van der Waals surface area contributed by atoms with Crippen molar-refractivity contribution in [1.82, 2.24) is 20.9 Å². The molecule has 170 valence electrons. The van der Waals surface area contributed by atoms with Crippen molar-refractivity contribution in [2.45, 2.75) is 58.5 Å². The molecule has 0 saturated heterocycles. The van der Waals surface area contributed by atoms with Gasteiger partial charge in [0.2, 0.25) is 17.7 Å². The Morgan fingerprint density at radius 3 is 2.10 bits per heavy atom. The van der Waals surface area contributed by atoms with Crippen molar-refractivity contribution in [3.8, 4) is 0 Å². The summed E-state index contributed by atoms with van der Waals surface area (Å²) in [5.74, 6) is -2.10. The lowest BCUT2D eigenvalue weighted by molar-refractivity contribution is -0.137. The number of nitrogens with one attached hydrogen (secondary N) is 3. The first-order valence-electron chi connectivity index (χ1n) is 10.4. The van der Waals surface area contributed by atoms with Crippen LogP contribution in [-0.2, 0) is 28.8 Å². The third-order valence-electron chi connectivity index (χ3n) is 4.72. The lowest BCUT2D eigenvalue weighted by atomic mass is 10.0. The van der Waals surface area contributed by atoms with E-state index in [1.165, 1.54) is 26.9 Å². The number of unbranched alkanes of at least 4 members (excludes halogenated alkanes) is 2. The molecule has 3 N–H and O–H groups in total. The highest BCUT2D eigenvalue weighted by atomic mass is 16.2. The van der Waals surface area contributed by atoms with Gasteiger partial charge in [-0.2, -0.15) is 0 Å². The Labute approximate surface area is 183 Å². The summed E-state index contributed by atoms with van der Waals surface area (Å²) in [7, 11) is 1.34. The molecule has 0 aromatic carbocycles. The van der Waals surface area contributed by atoms with Gasteiger partial charge in [-0.3, -0.25) is 28.9 Å². The minimum atomic E-state index is -0.851. The van der Waals surface area contributed by atoms with E-state index in [9.17, 15) is 28.8 Å². The number of carbonyl (C=O) groups is 6. The van der Waals surface area contributed by atoms with Crippen LogP contribution in [0.4, 0.5) is 0 Å². The zero-order chi connectivity index (χ0) is 23.6. The van der Waals surface area contributed by atoms with Crippen molar-refractivity contribution in [1.29, 1.82) is 0 Å². The highest BCUT2D eigenvalue weighted by Crippen LogP contribution is 2.09. The molecule has 1 aliphatic heterocycles. The molecule has 0 aliphatic carbocycles. The zero-order valence-corrected chi connectivity index (χ0v) is 18.5. The van der Waals surface area contributed by atoms with Gasteiger partial charge in [0.1, 0.15) is 17.8 Å². The van der Waals surface area contributed by atoms with Crippen LogP contribution >= 0.6 is 0 Å². The van der Waals surface area contributed by atoms with Gasteiger partial charge in [0.15, 0.2) is 7.85 Å². The fraction of sp³-hybridized carbons (Fsp3) is 0.600. The first kappa shape index (κ1) is 26.1. The molecule has 0 saturated carbocycles.